The van der Waals surface area contributed by atoms with Crippen LogP contribution < -0.4 is 10.1 Å². The molecule has 1 heterocycles. The highest BCUT2D eigenvalue weighted by molar-refractivity contribution is 5.94. The lowest BCUT2D eigenvalue weighted by atomic mass is 10.1. The number of nitrogens with zero attached hydrogens (tertiary/aromatic N) is 1. The van der Waals surface area contributed by atoms with Crippen LogP contribution in [0, 0.1) is 0 Å². The van der Waals surface area contributed by atoms with Crippen molar-refractivity contribution in [2.24, 2.45) is 0 Å². The maximum atomic E-state index is 12.5. The van der Waals surface area contributed by atoms with Crippen LogP contribution in [0.2, 0.25) is 0 Å². The number of pyridine rings is 1. The average Bonchev–Trinajstić information content (AvgIpc) is 2.59. The minimum Gasteiger partial charge on any atom is -0.483 e. The second-order valence-electron chi connectivity index (χ2n) is 5.59. The van der Waals surface area contributed by atoms with Crippen LogP contribution in [0.3, 0.4) is 0 Å². The summed E-state index contributed by atoms with van der Waals surface area (Å²) in [7, 11) is 0. The largest absolute Gasteiger partial charge is 0.483 e. The molecule has 0 aliphatic rings. The normalized spacial score (nSPS) is 13.1. The molecule has 0 fully saturated rings. The second kappa shape index (κ2) is 7.85. The Kier molecular flexibility index (Phi) is 5.97. The number of hydrogen-bond acceptors (Lipinski definition) is 3. The van der Waals surface area contributed by atoms with Crippen LogP contribution in [-0.2, 0) is 6.18 Å². The lowest BCUT2D eigenvalue weighted by Crippen LogP contribution is -2.27. The molecule has 0 radical (unpaired) electrons. The monoisotopic (exact) mass is 392 g/mol. The van der Waals surface area contributed by atoms with Gasteiger partial charge >= 0.3 is 12.4 Å². The molecule has 1 atom stereocenters. The standard InChI is InChI=1S/C17H14F6N2O2/c1-10(14-7-6-13(8-24-14)27-9-16(18,19)20)25-15(26)11-2-4-12(5-3-11)17(21,22)23/h2-8,10H,9H2,1H3,(H,25,26). The molecule has 1 amide bonds. The number of amides is 1. The van der Waals surface area contributed by atoms with Crippen molar-refractivity contribution in [3.05, 3.63) is 59.4 Å². The van der Waals surface area contributed by atoms with Gasteiger partial charge in [-0.1, -0.05) is 0 Å². The van der Waals surface area contributed by atoms with Crippen LogP contribution in [0.4, 0.5) is 26.3 Å². The maximum absolute atomic E-state index is 12.5. The van der Waals surface area contributed by atoms with Gasteiger partial charge in [0.25, 0.3) is 5.91 Å². The molecule has 2 aromatic rings. The number of nitrogens with one attached hydrogen (secondary N) is 1. The summed E-state index contributed by atoms with van der Waals surface area (Å²) in [6.45, 7) is 0.120. The quantitative estimate of drug-likeness (QED) is 0.761. The van der Waals surface area contributed by atoms with Gasteiger partial charge in [-0.05, 0) is 43.3 Å². The first-order valence-electron chi connectivity index (χ1n) is 7.59. The van der Waals surface area contributed by atoms with Crippen molar-refractivity contribution in [3.8, 4) is 5.75 Å². The van der Waals surface area contributed by atoms with Crippen LogP contribution in [0.25, 0.3) is 0 Å². The van der Waals surface area contributed by atoms with Crippen molar-refractivity contribution in [2.45, 2.75) is 25.3 Å². The minimum absolute atomic E-state index is 0.0278. The Morgan fingerprint density at radius 3 is 2.19 bits per heavy atom. The van der Waals surface area contributed by atoms with Crippen molar-refractivity contribution in [1.29, 1.82) is 0 Å². The first-order valence-corrected chi connectivity index (χ1v) is 7.59. The van der Waals surface area contributed by atoms with Gasteiger partial charge in [-0.2, -0.15) is 26.3 Å². The predicted molar refractivity (Wildman–Crippen MR) is 83.1 cm³/mol. The van der Waals surface area contributed by atoms with Crippen LogP contribution in [-0.4, -0.2) is 23.7 Å². The highest BCUT2D eigenvalue weighted by atomic mass is 19.4. The fourth-order valence-corrected chi connectivity index (χ4v) is 2.06. The molecule has 146 valence electrons. The number of hydrogen-bond donors (Lipinski definition) is 1. The summed E-state index contributed by atoms with van der Waals surface area (Å²) < 4.78 is 78.4. The van der Waals surface area contributed by atoms with E-state index in [9.17, 15) is 31.1 Å². The van der Waals surface area contributed by atoms with E-state index in [0.717, 1.165) is 30.5 Å². The molecule has 1 aromatic heterocycles. The number of aromatic nitrogens is 1. The van der Waals surface area contributed by atoms with E-state index in [1.54, 1.807) is 6.92 Å². The third kappa shape index (κ3) is 6.15. The van der Waals surface area contributed by atoms with E-state index in [0.29, 0.717) is 5.69 Å². The molecule has 1 unspecified atom stereocenters. The Morgan fingerprint density at radius 1 is 1.07 bits per heavy atom. The molecule has 27 heavy (non-hydrogen) atoms. The SMILES string of the molecule is CC(NC(=O)c1ccc(C(F)(F)F)cc1)c1ccc(OCC(F)(F)F)cn1. The second-order valence-corrected chi connectivity index (χ2v) is 5.59. The maximum Gasteiger partial charge on any atom is 0.422 e. The summed E-state index contributed by atoms with van der Waals surface area (Å²) in [4.78, 5) is 16.0. The smallest absolute Gasteiger partial charge is 0.422 e. The lowest BCUT2D eigenvalue weighted by Gasteiger charge is -2.15. The number of halogens is 6. The third-order valence-electron chi connectivity index (χ3n) is 3.43. The van der Waals surface area contributed by atoms with Crippen molar-refractivity contribution >= 4 is 5.91 Å². The molecule has 10 heteroatoms. The number of ether oxygens (including phenoxy) is 1. The van der Waals surface area contributed by atoms with E-state index in [1.165, 1.54) is 12.1 Å². The van der Waals surface area contributed by atoms with E-state index in [1.807, 2.05) is 0 Å². The zero-order valence-corrected chi connectivity index (χ0v) is 13.9. The summed E-state index contributed by atoms with van der Waals surface area (Å²) in [6.07, 6.45) is -7.88. The molecule has 0 aliphatic heterocycles. The first kappa shape index (κ1) is 20.5. The van der Waals surface area contributed by atoms with Crippen molar-refractivity contribution in [3.63, 3.8) is 0 Å². The molecule has 0 aliphatic carbocycles. The molecule has 1 aromatic carbocycles. The zero-order chi connectivity index (χ0) is 20.2. The Morgan fingerprint density at radius 2 is 1.70 bits per heavy atom. The summed E-state index contributed by atoms with van der Waals surface area (Å²) in [5.74, 6) is -0.701. The Labute approximate surface area is 150 Å². The average molecular weight is 392 g/mol. The highest BCUT2D eigenvalue weighted by Crippen LogP contribution is 2.29. The minimum atomic E-state index is -4.50. The van der Waals surface area contributed by atoms with Crippen molar-refractivity contribution in [1.82, 2.24) is 10.3 Å². The Bertz CT molecular complexity index is 770. The van der Waals surface area contributed by atoms with Gasteiger partial charge in [-0.15, -0.1) is 0 Å². The molecular weight excluding hydrogens is 378 g/mol. The number of benzene rings is 1. The summed E-state index contributed by atoms with van der Waals surface area (Å²) in [6, 6.07) is 5.71. The number of alkyl halides is 6. The lowest BCUT2D eigenvalue weighted by molar-refractivity contribution is -0.153. The summed E-state index contributed by atoms with van der Waals surface area (Å²) in [5.41, 5.74) is -0.502. The molecule has 0 saturated heterocycles. The number of carbonyl (C=O) groups excluding carboxylic acids is 1. The summed E-state index contributed by atoms with van der Waals surface area (Å²) >= 11 is 0. The molecule has 1 N–H and O–H groups in total. The fraction of sp³-hybridized carbons (Fsp3) is 0.294. The van der Waals surface area contributed by atoms with Crippen molar-refractivity contribution in [2.75, 3.05) is 6.61 Å². The van der Waals surface area contributed by atoms with Gasteiger partial charge in [0.05, 0.1) is 23.5 Å². The van der Waals surface area contributed by atoms with Gasteiger partial charge < -0.3 is 10.1 Å². The number of carbonyl (C=O) groups is 1. The van der Waals surface area contributed by atoms with Crippen LogP contribution in [0.5, 0.6) is 5.75 Å². The van der Waals surface area contributed by atoms with E-state index in [-0.39, 0.29) is 11.3 Å². The van der Waals surface area contributed by atoms with Crippen LogP contribution in [0.1, 0.15) is 34.6 Å². The molecule has 0 saturated carbocycles. The molecule has 0 spiro atoms. The third-order valence-corrected chi connectivity index (χ3v) is 3.43. The zero-order valence-electron chi connectivity index (χ0n) is 13.9. The first-order chi connectivity index (χ1) is 12.5. The van der Waals surface area contributed by atoms with Gasteiger partial charge in [0.1, 0.15) is 5.75 Å². The van der Waals surface area contributed by atoms with E-state index < -0.39 is 36.5 Å². The van der Waals surface area contributed by atoms with Crippen LogP contribution >= 0.6 is 0 Å². The molecule has 2 rings (SSSR count). The van der Waals surface area contributed by atoms with E-state index >= 15 is 0 Å². The molecule has 0 bridgehead atoms. The predicted octanol–water partition coefficient (Wildman–Crippen LogP) is 4.53. The van der Waals surface area contributed by atoms with E-state index in [2.05, 4.69) is 15.0 Å². The topological polar surface area (TPSA) is 51.2 Å². The number of rotatable bonds is 5. The van der Waals surface area contributed by atoms with E-state index in [4.69, 9.17) is 0 Å². The van der Waals surface area contributed by atoms with Gasteiger partial charge in [0, 0.05) is 5.56 Å². The van der Waals surface area contributed by atoms with Gasteiger partial charge in [-0.25, -0.2) is 0 Å². The van der Waals surface area contributed by atoms with Gasteiger partial charge in [0.15, 0.2) is 6.61 Å². The van der Waals surface area contributed by atoms with Crippen LogP contribution in [0.15, 0.2) is 42.6 Å². The Balaban J connectivity index is 1.97. The molecular formula is C17H14F6N2O2. The Hall–Kier alpha value is -2.78. The van der Waals surface area contributed by atoms with Gasteiger partial charge in [0.2, 0.25) is 0 Å². The molecule has 4 nitrogen and oxygen atoms in total. The van der Waals surface area contributed by atoms with Crippen molar-refractivity contribution < 1.29 is 35.9 Å². The summed E-state index contributed by atoms with van der Waals surface area (Å²) in [5, 5.41) is 2.54. The fourth-order valence-electron chi connectivity index (χ4n) is 2.06. The highest BCUT2D eigenvalue weighted by Gasteiger charge is 2.30. The van der Waals surface area contributed by atoms with Gasteiger partial charge in [-0.3, -0.25) is 9.78 Å².